The molecule has 1 atom stereocenters. The Hall–Kier alpha value is -1.98. The van der Waals surface area contributed by atoms with Crippen LogP contribution < -0.4 is 10.1 Å². The molecule has 4 nitrogen and oxygen atoms in total. The summed E-state index contributed by atoms with van der Waals surface area (Å²) in [7, 11) is 3.57. The molecule has 128 valence electrons. The van der Waals surface area contributed by atoms with Crippen molar-refractivity contribution in [2.45, 2.75) is 24.4 Å². The van der Waals surface area contributed by atoms with Gasteiger partial charge >= 0.3 is 0 Å². The van der Waals surface area contributed by atoms with Crippen molar-refractivity contribution in [3.05, 3.63) is 54.1 Å². The van der Waals surface area contributed by atoms with E-state index in [0.29, 0.717) is 0 Å². The average molecular weight is 344 g/mol. The Bertz CT molecular complexity index is 673. The van der Waals surface area contributed by atoms with Gasteiger partial charge in [-0.15, -0.1) is 11.8 Å². The number of methoxy groups -OCH3 is 1. The Morgan fingerprint density at radius 3 is 2.58 bits per heavy atom. The topological polar surface area (TPSA) is 41.6 Å². The number of hydrogen-bond donors (Lipinski definition) is 1. The molecule has 0 saturated carbocycles. The number of carbonyl (C=O) groups is 1. The van der Waals surface area contributed by atoms with Gasteiger partial charge in [-0.3, -0.25) is 9.69 Å². The Balaban J connectivity index is 1.95. The second-order valence-corrected chi connectivity index (χ2v) is 6.54. The molecule has 2 aromatic rings. The van der Waals surface area contributed by atoms with Gasteiger partial charge in [0.25, 0.3) is 0 Å². The lowest BCUT2D eigenvalue weighted by Crippen LogP contribution is -2.39. The number of amides is 1. The number of ether oxygens (including phenoxy) is 1. The lowest BCUT2D eigenvalue weighted by Gasteiger charge is -2.24. The molecule has 0 aromatic heterocycles. The molecule has 0 aliphatic carbocycles. The number of benzene rings is 2. The number of anilines is 1. The van der Waals surface area contributed by atoms with Crippen LogP contribution in [0.15, 0.2) is 53.4 Å². The van der Waals surface area contributed by atoms with Crippen molar-refractivity contribution in [2.24, 2.45) is 0 Å². The normalized spacial score (nSPS) is 12.0. The largest absolute Gasteiger partial charge is 0.497 e. The second-order valence-electron chi connectivity index (χ2n) is 5.66. The summed E-state index contributed by atoms with van der Waals surface area (Å²) in [4.78, 5) is 15.7. The summed E-state index contributed by atoms with van der Waals surface area (Å²) in [5.74, 6) is 0.689. The molecule has 1 N–H and O–H groups in total. The van der Waals surface area contributed by atoms with Gasteiger partial charge in [-0.25, -0.2) is 0 Å². The van der Waals surface area contributed by atoms with E-state index in [2.05, 4.69) is 35.8 Å². The van der Waals surface area contributed by atoms with E-state index < -0.39 is 0 Å². The minimum Gasteiger partial charge on any atom is -0.497 e. The van der Waals surface area contributed by atoms with E-state index in [-0.39, 0.29) is 11.9 Å². The smallest absolute Gasteiger partial charge is 0.241 e. The third kappa shape index (κ3) is 5.01. The fourth-order valence-electron chi connectivity index (χ4n) is 2.30. The molecule has 0 aliphatic heterocycles. The van der Waals surface area contributed by atoms with Crippen molar-refractivity contribution in [1.29, 1.82) is 0 Å². The maximum atomic E-state index is 12.4. The average Bonchev–Trinajstić information content (AvgIpc) is 2.61. The van der Waals surface area contributed by atoms with Crippen LogP contribution in [0.2, 0.25) is 0 Å². The lowest BCUT2D eigenvalue weighted by molar-refractivity contribution is -0.120. The summed E-state index contributed by atoms with van der Waals surface area (Å²) in [6.45, 7) is 2.63. The third-order valence-electron chi connectivity index (χ3n) is 3.97. The zero-order chi connectivity index (χ0) is 17.5. The molecule has 0 bridgehead atoms. The van der Waals surface area contributed by atoms with Crippen molar-refractivity contribution in [1.82, 2.24) is 4.90 Å². The van der Waals surface area contributed by atoms with E-state index in [0.717, 1.165) is 18.0 Å². The molecule has 0 heterocycles. The Morgan fingerprint density at radius 1 is 1.25 bits per heavy atom. The Labute approximate surface area is 148 Å². The van der Waals surface area contributed by atoms with Gasteiger partial charge in [0.15, 0.2) is 0 Å². The lowest BCUT2D eigenvalue weighted by atomic mass is 10.2. The number of likely N-dealkylation sites (N-methyl/N-ethyl adjacent to an activating group) is 1. The highest BCUT2D eigenvalue weighted by molar-refractivity contribution is 7.98. The predicted octanol–water partition coefficient (Wildman–Crippen LogP) is 3.88. The molecule has 0 fully saturated rings. The molecule has 1 amide bonds. The number of thioether (sulfide) groups is 1. The van der Waals surface area contributed by atoms with Gasteiger partial charge in [0.2, 0.25) is 5.91 Å². The minimum absolute atomic E-state index is 0.0357. The zero-order valence-electron chi connectivity index (χ0n) is 14.6. The maximum absolute atomic E-state index is 12.4. The molecule has 24 heavy (non-hydrogen) atoms. The zero-order valence-corrected chi connectivity index (χ0v) is 15.4. The minimum atomic E-state index is -0.239. The molecule has 2 aromatic carbocycles. The highest BCUT2D eigenvalue weighted by atomic mass is 32.2. The molecule has 2 rings (SSSR count). The number of carbonyl (C=O) groups excluding carboxylic acids is 1. The molecule has 0 saturated heterocycles. The van der Waals surface area contributed by atoms with Crippen LogP contribution in [0.25, 0.3) is 0 Å². The van der Waals surface area contributed by atoms with Crippen LogP contribution >= 0.6 is 11.8 Å². The van der Waals surface area contributed by atoms with Crippen molar-refractivity contribution in [2.75, 3.05) is 25.7 Å². The van der Waals surface area contributed by atoms with Gasteiger partial charge in [-0.1, -0.05) is 18.2 Å². The van der Waals surface area contributed by atoms with Crippen molar-refractivity contribution in [3.8, 4) is 5.75 Å². The van der Waals surface area contributed by atoms with Gasteiger partial charge < -0.3 is 10.1 Å². The van der Waals surface area contributed by atoms with Crippen LogP contribution in [0.4, 0.5) is 5.69 Å². The number of hydrogen-bond acceptors (Lipinski definition) is 4. The van der Waals surface area contributed by atoms with E-state index in [1.165, 1.54) is 10.5 Å². The van der Waals surface area contributed by atoms with Crippen LogP contribution in [-0.4, -0.2) is 37.3 Å². The molecule has 0 unspecified atom stereocenters. The molecular formula is C19H24N2O2S. The number of nitrogens with zero attached hydrogens (tertiary/aromatic N) is 1. The first-order valence-corrected chi connectivity index (χ1v) is 9.04. The highest BCUT2D eigenvalue weighted by Gasteiger charge is 2.18. The Kier molecular flexibility index (Phi) is 6.70. The second kappa shape index (κ2) is 8.76. The first-order chi connectivity index (χ1) is 11.5. The monoisotopic (exact) mass is 344 g/mol. The standard InChI is InChI=1S/C19H24N2O2S/c1-14(19(22)20-16-6-5-7-17(12-16)23-3)21(2)13-15-8-10-18(24-4)11-9-15/h5-12,14H,13H2,1-4H3,(H,20,22)/t14-/m0/s1. The van der Waals surface area contributed by atoms with Crippen molar-refractivity contribution >= 4 is 23.4 Å². The fraction of sp³-hybridized carbons (Fsp3) is 0.316. The van der Waals surface area contributed by atoms with Gasteiger partial charge in [0.1, 0.15) is 5.75 Å². The Morgan fingerprint density at radius 2 is 1.96 bits per heavy atom. The summed E-state index contributed by atoms with van der Waals surface area (Å²) in [5, 5.41) is 2.94. The van der Waals surface area contributed by atoms with E-state index in [4.69, 9.17) is 4.74 Å². The number of nitrogens with one attached hydrogen (secondary N) is 1. The summed E-state index contributed by atoms with van der Waals surface area (Å²) in [5.41, 5.74) is 1.93. The maximum Gasteiger partial charge on any atom is 0.241 e. The number of rotatable bonds is 7. The van der Waals surface area contributed by atoms with Crippen LogP contribution in [-0.2, 0) is 11.3 Å². The third-order valence-corrected chi connectivity index (χ3v) is 4.71. The van der Waals surface area contributed by atoms with Crippen LogP contribution in [0, 0.1) is 0 Å². The summed E-state index contributed by atoms with van der Waals surface area (Å²) in [6, 6.07) is 15.6. The molecule has 0 radical (unpaired) electrons. The first kappa shape index (κ1) is 18.4. The quantitative estimate of drug-likeness (QED) is 0.774. The van der Waals surface area contributed by atoms with Crippen LogP contribution in [0.5, 0.6) is 5.75 Å². The van der Waals surface area contributed by atoms with Gasteiger partial charge in [-0.2, -0.15) is 0 Å². The fourth-order valence-corrected chi connectivity index (χ4v) is 2.71. The SMILES string of the molecule is COc1cccc(NC(=O)[C@H](C)N(C)Cc2ccc(SC)cc2)c1. The van der Waals surface area contributed by atoms with Crippen molar-refractivity contribution < 1.29 is 9.53 Å². The molecule has 5 heteroatoms. The van der Waals surface area contributed by atoms with Crippen LogP contribution in [0.1, 0.15) is 12.5 Å². The van der Waals surface area contributed by atoms with E-state index in [1.54, 1.807) is 18.9 Å². The van der Waals surface area contributed by atoms with Gasteiger partial charge in [0.05, 0.1) is 13.2 Å². The summed E-state index contributed by atoms with van der Waals surface area (Å²) >= 11 is 1.72. The van der Waals surface area contributed by atoms with E-state index in [9.17, 15) is 4.79 Å². The van der Waals surface area contributed by atoms with Crippen molar-refractivity contribution in [3.63, 3.8) is 0 Å². The summed E-state index contributed by atoms with van der Waals surface area (Å²) in [6.07, 6.45) is 2.06. The van der Waals surface area contributed by atoms with Gasteiger partial charge in [0, 0.05) is 23.2 Å². The molecular weight excluding hydrogens is 320 g/mol. The summed E-state index contributed by atoms with van der Waals surface area (Å²) < 4.78 is 5.18. The first-order valence-electron chi connectivity index (χ1n) is 7.81. The highest BCUT2D eigenvalue weighted by Crippen LogP contribution is 2.18. The molecule has 0 spiro atoms. The predicted molar refractivity (Wildman–Crippen MR) is 101 cm³/mol. The van der Waals surface area contributed by atoms with Gasteiger partial charge in [-0.05, 0) is 50.1 Å². The van der Waals surface area contributed by atoms with E-state index >= 15 is 0 Å². The molecule has 0 aliphatic rings. The van der Waals surface area contributed by atoms with Crippen LogP contribution in [0.3, 0.4) is 0 Å². The van der Waals surface area contributed by atoms with E-state index in [1.807, 2.05) is 43.1 Å².